The van der Waals surface area contributed by atoms with E-state index in [1.807, 2.05) is 12.3 Å². The van der Waals surface area contributed by atoms with Crippen LogP contribution in [0.1, 0.15) is 29.8 Å². The minimum Gasteiger partial charge on any atom is -0.349 e. The normalized spacial score (nSPS) is 12.9. The minimum absolute atomic E-state index is 0.124. The summed E-state index contributed by atoms with van der Waals surface area (Å²) in [5.74, 6) is 6.17. The van der Waals surface area contributed by atoms with Crippen molar-refractivity contribution in [2.45, 2.75) is 26.1 Å². The molecule has 0 aromatic heterocycles. The second-order valence-electron chi connectivity index (χ2n) is 4.40. The second-order valence-corrected chi connectivity index (χ2v) is 5.72. The summed E-state index contributed by atoms with van der Waals surface area (Å²) in [6, 6.07) is 3.22. The van der Waals surface area contributed by atoms with Crippen molar-refractivity contribution < 1.29 is 18.0 Å². The van der Waals surface area contributed by atoms with Gasteiger partial charge in [0.1, 0.15) is 0 Å². The first kappa shape index (κ1) is 17.6. The van der Waals surface area contributed by atoms with Crippen LogP contribution in [0.5, 0.6) is 0 Å². The average molecular weight is 321 g/mol. The lowest BCUT2D eigenvalue weighted by Crippen LogP contribution is -2.35. The van der Waals surface area contributed by atoms with Crippen molar-refractivity contribution in [3.05, 3.63) is 29.3 Å². The Hall–Kier alpha value is -1.41. The Bertz CT molecular complexity index is 494. The molecule has 0 aliphatic rings. The molecule has 1 aromatic carbocycles. The monoisotopic (exact) mass is 321 g/mol. The predicted molar refractivity (Wildman–Crippen MR) is 79.2 cm³/mol. The van der Waals surface area contributed by atoms with Crippen molar-refractivity contribution in [2.75, 3.05) is 16.9 Å². The topological polar surface area (TPSA) is 67.2 Å². The highest BCUT2D eigenvalue weighted by Gasteiger charge is 2.35. The number of nitrogens with one attached hydrogen (secondary N) is 2. The van der Waals surface area contributed by atoms with E-state index in [4.69, 9.17) is 5.84 Å². The van der Waals surface area contributed by atoms with Gasteiger partial charge < -0.3 is 10.7 Å². The lowest BCUT2D eigenvalue weighted by molar-refractivity contribution is -0.137. The third-order valence-electron chi connectivity index (χ3n) is 2.71. The zero-order valence-electron chi connectivity index (χ0n) is 11.8. The van der Waals surface area contributed by atoms with E-state index in [0.29, 0.717) is 5.75 Å². The molecule has 0 heterocycles. The molecule has 0 saturated heterocycles. The summed E-state index contributed by atoms with van der Waals surface area (Å²) in [4.78, 5) is 12.1. The molecule has 21 heavy (non-hydrogen) atoms. The van der Waals surface area contributed by atoms with Crippen molar-refractivity contribution in [1.29, 1.82) is 0 Å². The first-order valence-electron chi connectivity index (χ1n) is 6.36. The lowest BCUT2D eigenvalue weighted by atomic mass is 10.1. The van der Waals surface area contributed by atoms with Crippen LogP contribution in [-0.4, -0.2) is 23.5 Å². The molecule has 0 radical (unpaired) electrons. The molecule has 1 amide bonds. The van der Waals surface area contributed by atoms with Gasteiger partial charge in [-0.25, -0.2) is 0 Å². The number of hydrogen-bond donors (Lipinski definition) is 3. The van der Waals surface area contributed by atoms with Crippen molar-refractivity contribution in [3.8, 4) is 0 Å². The largest absolute Gasteiger partial charge is 0.418 e. The fraction of sp³-hybridized carbons (Fsp3) is 0.462. The van der Waals surface area contributed by atoms with Crippen LogP contribution in [0, 0.1) is 0 Å². The van der Waals surface area contributed by atoms with E-state index in [1.165, 1.54) is 12.1 Å². The standard InChI is InChI=1S/C13H18F3N3OS/c1-3-21-7-8(2)18-12(20)9-5-4-6-10(11(9)19-17)13(14,15)16/h4-6,8,19H,3,7,17H2,1-2H3,(H,18,20). The minimum atomic E-state index is -4.58. The summed E-state index contributed by atoms with van der Waals surface area (Å²) in [6.45, 7) is 3.78. The summed E-state index contributed by atoms with van der Waals surface area (Å²) in [5, 5.41) is 2.66. The number of benzene rings is 1. The first-order valence-corrected chi connectivity index (χ1v) is 7.52. The SMILES string of the molecule is CCSCC(C)NC(=O)c1cccc(C(F)(F)F)c1NN. The number of hydrazine groups is 1. The number of hydrogen-bond acceptors (Lipinski definition) is 4. The third kappa shape index (κ3) is 4.82. The molecule has 1 atom stereocenters. The van der Waals surface area contributed by atoms with Crippen LogP contribution in [0.4, 0.5) is 18.9 Å². The summed E-state index contributed by atoms with van der Waals surface area (Å²) in [5.41, 5.74) is 0.474. The molecule has 1 aromatic rings. The maximum absolute atomic E-state index is 12.9. The van der Waals surface area contributed by atoms with Crippen molar-refractivity contribution >= 4 is 23.4 Å². The number of para-hydroxylation sites is 1. The molecule has 8 heteroatoms. The third-order valence-corrected chi connectivity index (χ3v) is 3.85. The fourth-order valence-electron chi connectivity index (χ4n) is 1.77. The Morgan fingerprint density at radius 1 is 1.43 bits per heavy atom. The molecule has 0 aliphatic heterocycles. The van der Waals surface area contributed by atoms with Crippen LogP contribution in [0.3, 0.4) is 0 Å². The van der Waals surface area contributed by atoms with Gasteiger partial charge in [0.2, 0.25) is 0 Å². The van der Waals surface area contributed by atoms with E-state index in [-0.39, 0.29) is 11.6 Å². The van der Waals surface area contributed by atoms with E-state index >= 15 is 0 Å². The quantitative estimate of drug-likeness (QED) is 0.557. The first-order chi connectivity index (χ1) is 9.81. The van der Waals surface area contributed by atoms with E-state index in [1.54, 1.807) is 18.7 Å². The molecular weight excluding hydrogens is 303 g/mol. The number of nitrogen functional groups attached to an aromatic ring is 1. The molecule has 118 valence electrons. The van der Waals surface area contributed by atoms with Gasteiger partial charge in [0.05, 0.1) is 16.8 Å². The number of halogens is 3. The lowest BCUT2D eigenvalue weighted by Gasteiger charge is -2.18. The van der Waals surface area contributed by atoms with Gasteiger partial charge in [-0.2, -0.15) is 24.9 Å². The van der Waals surface area contributed by atoms with Crippen LogP contribution in [-0.2, 0) is 6.18 Å². The average Bonchev–Trinajstić information content (AvgIpc) is 2.43. The Morgan fingerprint density at radius 2 is 2.10 bits per heavy atom. The molecular formula is C13H18F3N3OS. The van der Waals surface area contributed by atoms with Crippen molar-refractivity contribution in [1.82, 2.24) is 5.32 Å². The Morgan fingerprint density at radius 3 is 2.62 bits per heavy atom. The number of thioether (sulfide) groups is 1. The van der Waals surface area contributed by atoms with Gasteiger partial charge >= 0.3 is 6.18 Å². The zero-order chi connectivity index (χ0) is 16.0. The summed E-state index contributed by atoms with van der Waals surface area (Å²) in [7, 11) is 0. The van der Waals surface area contributed by atoms with E-state index in [9.17, 15) is 18.0 Å². The molecule has 0 saturated carbocycles. The van der Waals surface area contributed by atoms with Gasteiger partial charge in [-0.1, -0.05) is 13.0 Å². The van der Waals surface area contributed by atoms with Gasteiger partial charge in [0.25, 0.3) is 5.91 Å². The Labute approximate surface area is 125 Å². The van der Waals surface area contributed by atoms with Gasteiger partial charge in [-0.3, -0.25) is 10.6 Å². The maximum atomic E-state index is 12.9. The molecule has 0 bridgehead atoms. The van der Waals surface area contributed by atoms with Crippen LogP contribution in [0.15, 0.2) is 18.2 Å². The van der Waals surface area contributed by atoms with Crippen LogP contribution in [0.2, 0.25) is 0 Å². The number of alkyl halides is 3. The number of carbonyl (C=O) groups is 1. The van der Waals surface area contributed by atoms with Crippen molar-refractivity contribution in [3.63, 3.8) is 0 Å². The van der Waals surface area contributed by atoms with E-state index in [0.717, 1.165) is 11.8 Å². The van der Waals surface area contributed by atoms with Crippen LogP contribution in [0.25, 0.3) is 0 Å². The van der Waals surface area contributed by atoms with Crippen LogP contribution < -0.4 is 16.6 Å². The smallest absolute Gasteiger partial charge is 0.349 e. The number of anilines is 1. The molecule has 1 unspecified atom stereocenters. The van der Waals surface area contributed by atoms with Gasteiger partial charge in [0.15, 0.2) is 0 Å². The van der Waals surface area contributed by atoms with Gasteiger partial charge in [-0.15, -0.1) is 0 Å². The molecule has 0 fully saturated rings. The number of nitrogens with two attached hydrogens (primary N) is 1. The maximum Gasteiger partial charge on any atom is 0.418 e. The fourth-order valence-corrected chi connectivity index (χ4v) is 2.44. The van der Waals surface area contributed by atoms with E-state index in [2.05, 4.69) is 5.32 Å². The zero-order valence-corrected chi connectivity index (χ0v) is 12.6. The Balaban J connectivity index is 2.99. The van der Waals surface area contributed by atoms with Gasteiger partial charge in [0, 0.05) is 11.8 Å². The summed E-state index contributed by atoms with van der Waals surface area (Å²) < 4.78 is 38.6. The van der Waals surface area contributed by atoms with Gasteiger partial charge in [-0.05, 0) is 24.8 Å². The molecule has 4 N–H and O–H groups in total. The van der Waals surface area contributed by atoms with Crippen LogP contribution >= 0.6 is 11.8 Å². The molecule has 0 spiro atoms. The highest BCUT2D eigenvalue weighted by atomic mass is 32.2. The van der Waals surface area contributed by atoms with E-state index < -0.39 is 23.3 Å². The predicted octanol–water partition coefficient (Wildman–Crippen LogP) is 2.86. The summed E-state index contributed by atoms with van der Waals surface area (Å²) >= 11 is 1.64. The molecule has 4 nitrogen and oxygen atoms in total. The highest BCUT2D eigenvalue weighted by molar-refractivity contribution is 7.99. The molecule has 1 rings (SSSR count). The number of amides is 1. The number of rotatable bonds is 6. The second kappa shape index (κ2) is 7.56. The summed E-state index contributed by atoms with van der Waals surface area (Å²) in [6.07, 6.45) is -4.58. The Kier molecular flexibility index (Phi) is 6.35. The number of carbonyl (C=O) groups excluding carboxylic acids is 1. The van der Waals surface area contributed by atoms with Crippen molar-refractivity contribution in [2.24, 2.45) is 5.84 Å². The molecule has 0 aliphatic carbocycles. The highest BCUT2D eigenvalue weighted by Crippen LogP contribution is 2.36.